The van der Waals surface area contributed by atoms with Crippen molar-refractivity contribution < 1.29 is 18.3 Å². The molecule has 0 aromatic carbocycles. The summed E-state index contributed by atoms with van der Waals surface area (Å²) in [5.74, 6) is -0.212. The van der Waals surface area contributed by atoms with Gasteiger partial charge in [-0.25, -0.2) is 13.8 Å². The average Bonchev–Trinajstić information content (AvgIpc) is 2.26. The number of carbonyl (C=O) groups excluding carboxylic acids is 1. The van der Waals surface area contributed by atoms with Crippen molar-refractivity contribution >= 4 is 16.8 Å². The number of halogens is 3. The molecule has 0 N–H and O–H groups in total. The van der Waals surface area contributed by atoms with E-state index >= 15 is 0 Å². The lowest BCUT2D eigenvalue weighted by molar-refractivity contribution is 0.106. The second-order valence-electron chi connectivity index (χ2n) is 2.66. The highest BCUT2D eigenvalue weighted by Gasteiger charge is 2.24. The number of hydrogen-bond donors (Lipinski definition) is 0. The SMILES string of the molecule is COc1ncc(C(F)F)c(C(=O)Cl)c1C#N. The van der Waals surface area contributed by atoms with Crippen LogP contribution in [0.3, 0.4) is 0 Å². The second kappa shape index (κ2) is 4.86. The van der Waals surface area contributed by atoms with Crippen LogP contribution < -0.4 is 4.74 Å². The van der Waals surface area contributed by atoms with Crippen LogP contribution in [0.4, 0.5) is 8.78 Å². The molecule has 0 saturated heterocycles. The summed E-state index contributed by atoms with van der Waals surface area (Å²) in [5.41, 5.74) is -1.64. The molecule has 4 nitrogen and oxygen atoms in total. The summed E-state index contributed by atoms with van der Waals surface area (Å²) < 4.78 is 29.7. The summed E-state index contributed by atoms with van der Waals surface area (Å²) >= 11 is 5.16. The van der Waals surface area contributed by atoms with Crippen LogP contribution in [0.1, 0.15) is 27.9 Å². The third kappa shape index (κ3) is 2.09. The first-order chi connectivity index (χ1) is 7.52. The predicted molar refractivity (Wildman–Crippen MR) is 50.6 cm³/mol. The Bertz CT molecular complexity index is 471. The predicted octanol–water partition coefficient (Wildman–Crippen LogP) is 2.28. The van der Waals surface area contributed by atoms with Crippen molar-refractivity contribution in [3.8, 4) is 11.9 Å². The molecule has 1 aromatic heterocycles. The first kappa shape index (κ1) is 12.3. The van der Waals surface area contributed by atoms with E-state index in [1.165, 1.54) is 7.11 Å². The molecule has 7 heteroatoms. The number of hydrogen-bond acceptors (Lipinski definition) is 4. The number of ether oxygens (including phenoxy) is 1. The molecule has 0 aliphatic carbocycles. The van der Waals surface area contributed by atoms with Gasteiger partial charge in [0.1, 0.15) is 11.6 Å². The van der Waals surface area contributed by atoms with E-state index in [0.717, 1.165) is 6.20 Å². The van der Waals surface area contributed by atoms with E-state index < -0.39 is 22.8 Å². The summed E-state index contributed by atoms with van der Waals surface area (Å²) in [6.07, 6.45) is -2.18. The number of aromatic nitrogens is 1. The molecule has 0 radical (unpaired) electrons. The number of rotatable bonds is 3. The van der Waals surface area contributed by atoms with Gasteiger partial charge in [0, 0.05) is 11.8 Å². The maximum Gasteiger partial charge on any atom is 0.266 e. The van der Waals surface area contributed by atoms with Gasteiger partial charge in [0.25, 0.3) is 11.7 Å². The van der Waals surface area contributed by atoms with Gasteiger partial charge in [0.15, 0.2) is 0 Å². The summed E-state index contributed by atoms with van der Waals surface area (Å²) in [7, 11) is 1.20. The Balaban J connectivity index is 3.59. The van der Waals surface area contributed by atoms with Crippen molar-refractivity contribution in [1.82, 2.24) is 4.98 Å². The van der Waals surface area contributed by atoms with Gasteiger partial charge in [-0.3, -0.25) is 4.79 Å². The molecule has 0 bridgehead atoms. The van der Waals surface area contributed by atoms with E-state index in [2.05, 4.69) is 9.72 Å². The third-order valence-electron chi connectivity index (χ3n) is 1.81. The smallest absolute Gasteiger partial charge is 0.266 e. The van der Waals surface area contributed by atoms with Gasteiger partial charge >= 0.3 is 0 Å². The van der Waals surface area contributed by atoms with Crippen molar-refractivity contribution in [2.75, 3.05) is 7.11 Å². The molecule has 0 saturated carbocycles. The van der Waals surface area contributed by atoms with E-state index in [-0.39, 0.29) is 11.4 Å². The Hall–Kier alpha value is -1.74. The van der Waals surface area contributed by atoms with Gasteiger partial charge in [-0.05, 0) is 11.6 Å². The molecule has 0 unspecified atom stereocenters. The number of alkyl halides is 2. The van der Waals surface area contributed by atoms with Gasteiger partial charge in [0.2, 0.25) is 5.88 Å². The van der Waals surface area contributed by atoms with Crippen LogP contribution in [0.25, 0.3) is 0 Å². The van der Waals surface area contributed by atoms with Gasteiger partial charge in [-0.2, -0.15) is 5.26 Å². The van der Waals surface area contributed by atoms with Gasteiger partial charge in [-0.15, -0.1) is 0 Å². The van der Waals surface area contributed by atoms with Gasteiger partial charge in [-0.1, -0.05) is 0 Å². The standard InChI is InChI=1S/C9H5ClF2N2O2/c1-16-9-4(2-13)6(7(10)15)5(3-14-9)8(11)12/h3,8H,1H3. The van der Waals surface area contributed by atoms with Gasteiger partial charge < -0.3 is 4.74 Å². The lowest BCUT2D eigenvalue weighted by Crippen LogP contribution is -2.06. The minimum Gasteiger partial charge on any atom is -0.480 e. The maximum atomic E-state index is 12.5. The van der Waals surface area contributed by atoms with E-state index in [9.17, 15) is 13.6 Å². The van der Waals surface area contributed by atoms with E-state index in [1.807, 2.05) is 0 Å². The summed E-state index contributed by atoms with van der Waals surface area (Å²) in [5, 5.41) is 7.61. The fourth-order valence-electron chi connectivity index (χ4n) is 1.14. The first-order valence-corrected chi connectivity index (χ1v) is 4.35. The zero-order valence-corrected chi connectivity index (χ0v) is 8.76. The minimum absolute atomic E-state index is 0.212. The summed E-state index contributed by atoms with van der Waals surface area (Å²) in [6, 6.07) is 1.57. The third-order valence-corrected chi connectivity index (χ3v) is 2.00. The molecule has 84 valence electrons. The van der Waals surface area contributed by atoms with E-state index in [4.69, 9.17) is 16.9 Å². The zero-order valence-electron chi connectivity index (χ0n) is 8.00. The average molecular weight is 247 g/mol. The number of nitrogens with zero attached hydrogens (tertiary/aromatic N) is 2. The Kier molecular flexibility index (Phi) is 3.74. The molecular weight excluding hydrogens is 242 g/mol. The lowest BCUT2D eigenvalue weighted by Gasteiger charge is -2.09. The lowest BCUT2D eigenvalue weighted by atomic mass is 10.1. The Morgan fingerprint density at radius 3 is 2.69 bits per heavy atom. The molecule has 0 atom stereocenters. The Labute approximate surface area is 94.4 Å². The Morgan fingerprint density at radius 1 is 1.69 bits per heavy atom. The van der Waals surface area contributed by atoms with Crippen LogP contribution in [0.15, 0.2) is 6.20 Å². The van der Waals surface area contributed by atoms with Crippen LogP contribution in [-0.4, -0.2) is 17.3 Å². The van der Waals surface area contributed by atoms with Gasteiger partial charge in [0.05, 0.1) is 12.7 Å². The Morgan fingerprint density at radius 2 is 2.31 bits per heavy atom. The normalized spacial score (nSPS) is 10.0. The highest BCUT2D eigenvalue weighted by molar-refractivity contribution is 6.68. The van der Waals surface area contributed by atoms with E-state index in [1.54, 1.807) is 6.07 Å². The minimum atomic E-state index is -2.94. The molecule has 1 rings (SSSR count). The van der Waals surface area contributed by atoms with Crippen molar-refractivity contribution in [1.29, 1.82) is 5.26 Å². The molecular formula is C9H5ClF2N2O2. The fourth-order valence-corrected chi connectivity index (χ4v) is 1.35. The van der Waals surface area contributed by atoms with Crippen molar-refractivity contribution in [3.63, 3.8) is 0 Å². The molecule has 0 spiro atoms. The van der Waals surface area contributed by atoms with Crippen molar-refractivity contribution in [2.24, 2.45) is 0 Å². The molecule has 0 aliphatic rings. The topological polar surface area (TPSA) is 63.0 Å². The van der Waals surface area contributed by atoms with Crippen LogP contribution in [0, 0.1) is 11.3 Å². The van der Waals surface area contributed by atoms with Crippen molar-refractivity contribution in [3.05, 3.63) is 22.9 Å². The van der Waals surface area contributed by atoms with Crippen molar-refractivity contribution in [2.45, 2.75) is 6.43 Å². The maximum absolute atomic E-state index is 12.5. The van der Waals surface area contributed by atoms with E-state index in [0.29, 0.717) is 0 Å². The van der Waals surface area contributed by atoms with Crippen LogP contribution >= 0.6 is 11.6 Å². The molecule has 16 heavy (non-hydrogen) atoms. The fraction of sp³-hybridized carbons (Fsp3) is 0.222. The monoisotopic (exact) mass is 246 g/mol. The largest absolute Gasteiger partial charge is 0.480 e. The highest BCUT2D eigenvalue weighted by Crippen LogP contribution is 2.30. The molecule has 1 aromatic rings. The number of pyridine rings is 1. The van der Waals surface area contributed by atoms with Crippen LogP contribution in [-0.2, 0) is 0 Å². The second-order valence-corrected chi connectivity index (χ2v) is 3.00. The molecule has 0 fully saturated rings. The van der Waals surface area contributed by atoms with Crippen LogP contribution in [0.2, 0.25) is 0 Å². The summed E-state index contributed by atoms with van der Waals surface area (Å²) in [4.78, 5) is 14.5. The summed E-state index contributed by atoms with van der Waals surface area (Å²) in [6.45, 7) is 0. The highest BCUT2D eigenvalue weighted by atomic mass is 35.5. The quantitative estimate of drug-likeness (QED) is 0.768. The zero-order chi connectivity index (χ0) is 12.3. The van der Waals surface area contributed by atoms with Crippen LogP contribution in [0.5, 0.6) is 5.88 Å². The molecule has 0 amide bonds. The molecule has 1 heterocycles. The number of methoxy groups -OCH3 is 1. The molecule has 0 aliphatic heterocycles. The number of nitriles is 1. The first-order valence-electron chi connectivity index (χ1n) is 3.97. The number of carbonyl (C=O) groups is 1.